The summed E-state index contributed by atoms with van der Waals surface area (Å²) >= 11 is 0. The third kappa shape index (κ3) is 2.67. The van der Waals surface area contributed by atoms with Crippen molar-refractivity contribution in [3.8, 4) is 0 Å². The fraction of sp³-hybridized carbons (Fsp3) is 0.833. The summed E-state index contributed by atoms with van der Waals surface area (Å²) < 4.78 is 36.5. The van der Waals surface area contributed by atoms with Crippen molar-refractivity contribution in [1.82, 2.24) is 0 Å². The maximum atomic E-state index is 11.7. The first-order chi connectivity index (χ1) is 11.3. The molecule has 4 rings (SSSR count). The summed E-state index contributed by atoms with van der Waals surface area (Å²) in [5.74, 6) is 2.51. The number of carbonyl (C=O) groups excluding carboxylic acids is 1. The van der Waals surface area contributed by atoms with E-state index in [0.717, 1.165) is 38.5 Å². The Morgan fingerprint density at radius 3 is 2.67 bits per heavy atom. The largest absolute Gasteiger partial charge is 0.397 e. The van der Waals surface area contributed by atoms with Gasteiger partial charge < -0.3 is 0 Å². The van der Waals surface area contributed by atoms with Crippen LogP contribution in [0.15, 0.2) is 11.6 Å². The number of allylic oxidation sites excluding steroid dienone is 1. The van der Waals surface area contributed by atoms with Crippen LogP contribution in [-0.4, -0.2) is 24.9 Å². The van der Waals surface area contributed by atoms with Crippen LogP contribution in [0.2, 0.25) is 0 Å². The molecule has 5 nitrogen and oxygen atoms in total. The summed E-state index contributed by atoms with van der Waals surface area (Å²) in [5, 5.41) is 0. The molecule has 3 saturated carbocycles. The van der Waals surface area contributed by atoms with Gasteiger partial charge in [0.15, 0.2) is 5.78 Å². The Balaban J connectivity index is 1.58. The summed E-state index contributed by atoms with van der Waals surface area (Å²) in [6.07, 6.45) is 8.95. The highest BCUT2D eigenvalue weighted by Gasteiger charge is 2.57. The van der Waals surface area contributed by atoms with E-state index in [0.29, 0.717) is 36.5 Å². The molecule has 0 bridgehead atoms. The SMILES string of the molecule is CC12CCC3C4CCC(=O)C=C4CCC3C1CCC2OS(=O)(=O)O. The van der Waals surface area contributed by atoms with Gasteiger partial charge in [0, 0.05) is 6.42 Å². The Bertz CT molecular complexity index is 682. The predicted octanol–water partition coefficient (Wildman–Crippen LogP) is 3.32. The molecule has 0 spiro atoms. The van der Waals surface area contributed by atoms with Gasteiger partial charge >= 0.3 is 10.4 Å². The van der Waals surface area contributed by atoms with Crippen molar-refractivity contribution in [3.05, 3.63) is 11.6 Å². The molecule has 134 valence electrons. The number of rotatable bonds is 2. The van der Waals surface area contributed by atoms with E-state index in [1.165, 1.54) is 5.57 Å². The van der Waals surface area contributed by atoms with E-state index in [1.807, 2.05) is 6.08 Å². The predicted molar refractivity (Wildman–Crippen MR) is 88.5 cm³/mol. The molecule has 24 heavy (non-hydrogen) atoms. The first-order valence-corrected chi connectivity index (χ1v) is 10.5. The number of carbonyl (C=O) groups is 1. The van der Waals surface area contributed by atoms with E-state index in [2.05, 4.69) is 6.92 Å². The zero-order valence-electron chi connectivity index (χ0n) is 14.1. The number of ketones is 1. The molecular formula is C18H26O5S. The van der Waals surface area contributed by atoms with Crippen molar-refractivity contribution in [1.29, 1.82) is 0 Å². The van der Waals surface area contributed by atoms with Crippen LogP contribution in [-0.2, 0) is 19.4 Å². The lowest BCUT2D eigenvalue weighted by atomic mass is 9.52. The number of fused-ring (bicyclic) bond motifs is 5. The molecule has 0 heterocycles. The lowest BCUT2D eigenvalue weighted by Gasteiger charge is -2.53. The molecule has 6 atom stereocenters. The van der Waals surface area contributed by atoms with Crippen LogP contribution in [0.3, 0.4) is 0 Å². The monoisotopic (exact) mass is 354 g/mol. The molecule has 0 aromatic heterocycles. The van der Waals surface area contributed by atoms with E-state index >= 15 is 0 Å². The van der Waals surface area contributed by atoms with Gasteiger partial charge in [-0.05, 0) is 80.1 Å². The molecule has 6 unspecified atom stereocenters. The number of hydrogen-bond donors (Lipinski definition) is 1. The third-order valence-electron chi connectivity index (χ3n) is 7.45. The van der Waals surface area contributed by atoms with Crippen LogP contribution in [0.5, 0.6) is 0 Å². The van der Waals surface area contributed by atoms with Crippen molar-refractivity contribution in [2.24, 2.45) is 29.1 Å². The van der Waals surface area contributed by atoms with Crippen LogP contribution >= 0.6 is 0 Å². The van der Waals surface area contributed by atoms with E-state index in [4.69, 9.17) is 8.74 Å². The van der Waals surface area contributed by atoms with Crippen molar-refractivity contribution < 1.29 is 21.9 Å². The van der Waals surface area contributed by atoms with Gasteiger partial charge in [-0.2, -0.15) is 8.42 Å². The standard InChI is InChI=1S/C18H26O5S/c1-18-9-8-14-13-5-3-12(19)10-11(13)2-4-15(14)16(18)6-7-17(18)23-24(20,21)22/h10,13-17H,2-9H2,1H3,(H,20,21,22). The van der Waals surface area contributed by atoms with Gasteiger partial charge in [-0.25, -0.2) is 4.18 Å². The van der Waals surface area contributed by atoms with Gasteiger partial charge in [0.2, 0.25) is 0 Å². The van der Waals surface area contributed by atoms with E-state index in [-0.39, 0.29) is 11.2 Å². The summed E-state index contributed by atoms with van der Waals surface area (Å²) in [7, 11) is -4.40. The zero-order valence-corrected chi connectivity index (χ0v) is 14.9. The minimum atomic E-state index is -4.40. The quantitative estimate of drug-likeness (QED) is 0.770. The summed E-state index contributed by atoms with van der Waals surface area (Å²) in [4.78, 5) is 11.7. The molecule has 0 saturated heterocycles. The minimum absolute atomic E-state index is 0.164. The fourth-order valence-electron chi connectivity index (χ4n) is 6.44. The molecule has 0 amide bonds. The van der Waals surface area contributed by atoms with Crippen molar-refractivity contribution in [2.45, 2.75) is 64.4 Å². The third-order valence-corrected chi connectivity index (χ3v) is 7.93. The Labute approximate surface area is 143 Å². The first kappa shape index (κ1) is 16.7. The average Bonchev–Trinajstić information content (AvgIpc) is 2.82. The van der Waals surface area contributed by atoms with Crippen molar-refractivity contribution >= 4 is 16.2 Å². The van der Waals surface area contributed by atoms with Gasteiger partial charge in [-0.3, -0.25) is 9.35 Å². The Morgan fingerprint density at radius 1 is 1.12 bits per heavy atom. The molecule has 0 radical (unpaired) electrons. The lowest BCUT2D eigenvalue weighted by molar-refractivity contribution is -0.116. The molecule has 0 aromatic carbocycles. The molecule has 0 aromatic rings. The van der Waals surface area contributed by atoms with Gasteiger partial charge in [-0.1, -0.05) is 12.5 Å². The van der Waals surface area contributed by atoms with Crippen LogP contribution in [0.4, 0.5) is 0 Å². The van der Waals surface area contributed by atoms with Crippen LogP contribution in [0, 0.1) is 29.1 Å². The van der Waals surface area contributed by atoms with Crippen molar-refractivity contribution in [2.75, 3.05) is 0 Å². The van der Waals surface area contributed by atoms with Gasteiger partial charge in [0.1, 0.15) is 0 Å². The van der Waals surface area contributed by atoms with Crippen LogP contribution < -0.4 is 0 Å². The van der Waals surface area contributed by atoms with E-state index in [9.17, 15) is 13.2 Å². The molecule has 4 aliphatic carbocycles. The number of hydrogen-bond acceptors (Lipinski definition) is 4. The molecule has 6 heteroatoms. The zero-order chi connectivity index (χ0) is 17.1. The molecular weight excluding hydrogens is 328 g/mol. The van der Waals surface area contributed by atoms with Gasteiger partial charge in [0.25, 0.3) is 0 Å². The second-order valence-electron chi connectivity index (χ2n) is 8.44. The highest BCUT2D eigenvalue weighted by atomic mass is 32.3. The minimum Gasteiger partial charge on any atom is -0.295 e. The van der Waals surface area contributed by atoms with Crippen molar-refractivity contribution in [3.63, 3.8) is 0 Å². The topological polar surface area (TPSA) is 80.7 Å². The Kier molecular flexibility index (Phi) is 3.93. The van der Waals surface area contributed by atoms with E-state index < -0.39 is 16.5 Å². The maximum Gasteiger partial charge on any atom is 0.397 e. The summed E-state index contributed by atoms with van der Waals surface area (Å²) in [5.41, 5.74) is 1.20. The highest BCUT2D eigenvalue weighted by Crippen LogP contribution is 2.62. The molecule has 1 N–H and O–H groups in total. The maximum absolute atomic E-state index is 11.7. The Hall–Kier alpha value is -0.720. The normalized spacial score (nSPS) is 45.2. The Morgan fingerprint density at radius 2 is 1.92 bits per heavy atom. The fourth-order valence-corrected chi connectivity index (χ4v) is 7.05. The second kappa shape index (κ2) is 5.64. The van der Waals surface area contributed by atoms with E-state index in [1.54, 1.807) is 0 Å². The average molecular weight is 354 g/mol. The highest BCUT2D eigenvalue weighted by molar-refractivity contribution is 7.80. The molecule has 3 fully saturated rings. The summed E-state index contributed by atoms with van der Waals surface area (Å²) in [6.45, 7) is 2.15. The van der Waals surface area contributed by atoms with Gasteiger partial charge in [-0.15, -0.1) is 0 Å². The lowest BCUT2D eigenvalue weighted by Crippen LogP contribution is -2.48. The second-order valence-corrected chi connectivity index (χ2v) is 9.49. The van der Waals surface area contributed by atoms with Crippen LogP contribution in [0.1, 0.15) is 58.3 Å². The summed E-state index contributed by atoms with van der Waals surface area (Å²) in [6, 6.07) is 0. The molecule has 0 aliphatic heterocycles. The smallest absolute Gasteiger partial charge is 0.295 e. The van der Waals surface area contributed by atoms with Gasteiger partial charge in [0.05, 0.1) is 6.10 Å². The van der Waals surface area contributed by atoms with Crippen LogP contribution in [0.25, 0.3) is 0 Å². The molecule has 4 aliphatic rings. The first-order valence-electron chi connectivity index (χ1n) is 9.17.